The average Bonchev–Trinajstić information content (AvgIpc) is 2.33. The minimum atomic E-state index is -0.696. The number of rotatable bonds is 3. The molecule has 19 heavy (non-hydrogen) atoms. The molecule has 0 aromatic heterocycles. The fourth-order valence-electron chi connectivity index (χ4n) is 2.40. The number of hydrogen-bond donors (Lipinski definition) is 1. The highest BCUT2D eigenvalue weighted by molar-refractivity contribution is 5.98. The molecule has 1 atom stereocenters. The summed E-state index contributed by atoms with van der Waals surface area (Å²) in [6.07, 6.45) is 1.42. The van der Waals surface area contributed by atoms with E-state index in [-0.39, 0.29) is 23.7 Å². The fraction of sp³-hybridized carbons (Fsp3) is 0.500. The second-order valence-corrected chi connectivity index (χ2v) is 5.08. The molecular weight excluding hydrogens is 250 g/mol. The van der Waals surface area contributed by atoms with Gasteiger partial charge in [0.15, 0.2) is 0 Å². The Kier molecular flexibility index (Phi) is 4.14. The minimum absolute atomic E-state index is 0.152. The number of amides is 1. The molecule has 3 nitrogen and oxygen atoms in total. The molecule has 0 radical (unpaired) electrons. The summed E-state index contributed by atoms with van der Waals surface area (Å²) in [5.41, 5.74) is -0.234. The van der Waals surface area contributed by atoms with Crippen LogP contribution in [0.5, 0.6) is 0 Å². The van der Waals surface area contributed by atoms with Gasteiger partial charge in [0, 0.05) is 12.6 Å². The number of carbonyl (C=O) groups excluding carboxylic acids is 1. The molecule has 0 aliphatic carbocycles. The van der Waals surface area contributed by atoms with Crippen molar-refractivity contribution in [3.8, 4) is 0 Å². The van der Waals surface area contributed by atoms with Gasteiger partial charge in [0.05, 0.1) is 6.04 Å². The molecule has 5 heteroatoms. The van der Waals surface area contributed by atoms with Crippen molar-refractivity contribution in [1.29, 1.82) is 0 Å². The molecule has 1 heterocycles. The summed E-state index contributed by atoms with van der Waals surface area (Å²) in [6, 6.07) is 3.43. The second kappa shape index (κ2) is 5.65. The van der Waals surface area contributed by atoms with Gasteiger partial charge in [-0.1, -0.05) is 19.9 Å². The lowest BCUT2D eigenvalue weighted by molar-refractivity contribution is -0.122. The summed E-state index contributed by atoms with van der Waals surface area (Å²) in [6.45, 7) is 4.23. The van der Waals surface area contributed by atoms with E-state index in [1.54, 1.807) is 0 Å². The molecule has 0 bridgehead atoms. The lowest BCUT2D eigenvalue weighted by Crippen LogP contribution is -2.53. The molecule has 1 amide bonds. The lowest BCUT2D eigenvalue weighted by atomic mass is 10.0. The Bertz CT molecular complexity index is 456. The number of nitrogens with one attached hydrogen (secondary N) is 1. The number of carbonyl (C=O) groups is 1. The van der Waals surface area contributed by atoms with Crippen LogP contribution in [0.2, 0.25) is 0 Å². The standard InChI is InChI=1S/C14H18F2N2O/c1-9(2)17-12-7-4-8-18(14(12)19)13-10(15)5-3-6-11(13)16/h3,5-6,9,12,17H,4,7-8H2,1-2H3. The number of nitrogens with zero attached hydrogens (tertiary/aromatic N) is 1. The molecule has 1 N–H and O–H groups in total. The van der Waals surface area contributed by atoms with Crippen LogP contribution in [0.4, 0.5) is 14.5 Å². The Balaban J connectivity index is 2.27. The van der Waals surface area contributed by atoms with Crippen LogP contribution in [0.25, 0.3) is 0 Å². The van der Waals surface area contributed by atoms with E-state index in [4.69, 9.17) is 0 Å². The van der Waals surface area contributed by atoms with E-state index >= 15 is 0 Å². The molecule has 1 fully saturated rings. The van der Waals surface area contributed by atoms with Gasteiger partial charge in [-0.3, -0.25) is 4.79 Å². The average molecular weight is 268 g/mol. The Labute approximate surface area is 111 Å². The quantitative estimate of drug-likeness (QED) is 0.913. The summed E-state index contributed by atoms with van der Waals surface area (Å²) in [4.78, 5) is 13.5. The van der Waals surface area contributed by atoms with E-state index in [1.807, 2.05) is 13.8 Å². The maximum absolute atomic E-state index is 13.7. The summed E-state index contributed by atoms with van der Waals surface area (Å²) >= 11 is 0. The Morgan fingerprint density at radius 1 is 1.32 bits per heavy atom. The summed E-state index contributed by atoms with van der Waals surface area (Å²) < 4.78 is 27.5. The zero-order valence-corrected chi connectivity index (χ0v) is 11.1. The number of piperidine rings is 1. The SMILES string of the molecule is CC(C)NC1CCCN(c2c(F)cccc2F)C1=O. The molecule has 1 saturated heterocycles. The Morgan fingerprint density at radius 3 is 2.53 bits per heavy atom. The van der Waals surface area contributed by atoms with Gasteiger partial charge in [0.1, 0.15) is 17.3 Å². The number of para-hydroxylation sites is 1. The predicted molar refractivity (Wildman–Crippen MR) is 70.0 cm³/mol. The number of benzene rings is 1. The highest BCUT2D eigenvalue weighted by Crippen LogP contribution is 2.27. The van der Waals surface area contributed by atoms with Crippen molar-refractivity contribution in [1.82, 2.24) is 5.32 Å². The van der Waals surface area contributed by atoms with Gasteiger partial charge in [-0.25, -0.2) is 8.78 Å². The fourth-order valence-corrected chi connectivity index (χ4v) is 2.40. The normalized spacial score (nSPS) is 20.2. The van der Waals surface area contributed by atoms with E-state index in [2.05, 4.69) is 5.32 Å². The summed E-state index contributed by atoms with van der Waals surface area (Å²) in [5.74, 6) is -1.65. The highest BCUT2D eigenvalue weighted by atomic mass is 19.1. The van der Waals surface area contributed by atoms with Crippen molar-refractivity contribution in [3.05, 3.63) is 29.8 Å². The van der Waals surface area contributed by atoms with Crippen molar-refractivity contribution in [2.45, 2.75) is 38.8 Å². The predicted octanol–water partition coefficient (Wildman–Crippen LogP) is 2.46. The third-order valence-corrected chi connectivity index (χ3v) is 3.18. The third-order valence-electron chi connectivity index (χ3n) is 3.18. The lowest BCUT2D eigenvalue weighted by Gasteiger charge is -2.33. The summed E-state index contributed by atoms with van der Waals surface area (Å²) in [5, 5.41) is 3.13. The topological polar surface area (TPSA) is 32.3 Å². The van der Waals surface area contributed by atoms with Crippen molar-refractivity contribution < 1.29 is 13.6 Å². The van der Waals surface area contributed by atoms with Crippen LogP contribution < -0.4 is 10.2 Å². The highest BCUT2D eigenvalue weighted by Gasteiger charge is 2.32. The van der Waals surface area contributed by atoms with Gasteiger partial charge >= 0.3 is 0 Å². The number of hydrogen-bond acceptors (Lipinski definition) is 2. The second-order valence-electron chi connectivity index (χ2n) is 5.08. The van der Waals surface area contributed by atoms with Crippen LogP contribution in [0.3, 0.4) is 0 Å². The maximum Gasteiger partial charge on any atom is 0.244 e. The smallest absolute Gasteiger partial charge is 0.244 e. The Hall–Kier alpha value is -1.49. The number of halogens is 2. The van der Waals surface area contributed by atoms with E-state index < -0.39 is 11.6 Å². The zero-order valence-electron chi connectivity index (χ0n) is 11.1. The van der Waals surface area contributed by atoms with Gasteiger partial charge in [0.25, 0.3) is 0 Å². The Morgan fingerprint density at radius 2 is 1.95 bits per heavy atom. The van der Waals surface area contributed by atoms with Crippen molar-refractivity contribution in [2.24, 2.45) is 0 Å². The zero-order chi connectivity index (χ0) is 14.0. The van der Waals surface area contributed by atoms with Crippen LogP contribution in [-0.2, 0) is 4.79 Å². The molecule has 1 aliphatic heterocycles. The summed E-state index contributed by atoms with van der Waals surface area (Å²) in [7, 11) is 0. The van der Waals surface area contributed by atoms with Gasteiger partial charge < -0.3 is 10.2 Å². The molecule has 1 aliphatic rings. The van der Waals surface area contributed by atoms with Gasteiger partial charge in [0.2, 0.25) is 5.91 Å². The van der Waals surface area contributed by atoms with Crippen LogP contribution in [0.15, 0.2) is 18.2 Å². The monoisotopic (exact) mass is 268 g/mol. The van der Waals surface area contributed by atoms with Crippen molar-refractivity contribution in [2.75, 3.05) is 11.4 Å². The van der Waals surface area contributed by atoms with Crippen molar-refractivity contribution >= 4 is 11.6 Å². The van der Waals surface area contributed by atoms with E-state index in [0.29, 0.717) is 13.0 Å². The first-order valence-corrected chi connectivity index (χ1v) is 6.52. The van der Waals surface area contributed by atoms with Crippen LogP contribution in [0, 0.1) is 11.6 Å². The van der Waals surface area contributed by atoms with Crippen LogP contribution in [0.1, 0.15) is 26.7 Å². The van der Waals surface area contributed by atoms with Gasteiger partial charge in [-0.2, -0.15) is 0 Å². The first-order chi connectivity index (χ1) is 9.00. The first-order valence-electron chi connectivity index (χ1n) is 6.52. The molecular formula is C14H18F2N2O. The molecule has 0 saturated carbocycles. The van der Waals surface area contributed by atoms with E-state index in [1.165, 1.54) is 23.1 Å². The molecule has 1 aromatic rings. The third kappa shape index (κ3) is 2.92. The molecule has 2 rings (SSSR count). The van der Waals surface area contributed by atoms with Gasteiger partial charge in [-0.05, 0) is 25.0 Å². The first kappa shape index (κ1) is 13.9. The number of anilines is 1. The molecule has 1 aromatic carbocycles. The van der Waals surface area contributed by atoms with Gasteiger partial charge in [-0.15, -0.1) is 0 Å². The molecule has 104 valence electrons. The largest absolute Gasteiger partial charge is 0.306 e. The minimum Gasteiger partial charge on any atom is -0.306 e. The molecule has 1 unspecified atom stereocenters. The maximum atomic E-state index is 13.7. The molecule has 0 spiro atoms. The van der Waals surface area contributed by atoms with E-state index in [0.717, 1.165) is 6.42 Å². The van der Waals surface area contributed by atoms with Crippen LogP contribution >= 0.6 is 0 Å². The van der Waals surface area contributed by atoms with Crippen molar-refractivity contribution in [3.63, 3.8) is 0 Å². The van der Waals surface area contributed by atoms with E-state index in [9.17, 15) is 13.6 Å². The van der Waals surface area contributed by atoms with Crippen LogP contribution in [-0.4, -0.2) is 24.5 Å².